The van der Waals surface area contributed by atoms with Gasteiger partial charge in [0.05, 0.1) is 27.7 Å². The number of nitrogens with one attached hydrogen (secondary N) is 4. The van der Waals surface area contributed by atoms with E-state index in [1.807, 2.05) is 155 Å². The number of allylic oxidation sites excluding steroid dienone is 1. The number of urea groups is 4. The van der Waals surface area contributed by atoms with Crippen LogP contribution in [0.4, 0.5) is 59.6 Å². The molecule has 6 heterocycles. The van der Waals surface area contributed by atoms with Crippen molar-refractivity contribution in [1.82, 2.24) is 49.0 Å². The summed E-state index contributed by atoms with van der Waals surface area (Å²) in [6.45, 7) is 26.0. The van der Waals surface area contributed by atoms with Crippen molar-refractivity contribution in [3.05, 3.63) is 285 Å². The zero-order valence-electron chi connectivity index (χ0n) is 74.5. The summed E-state index contributed by atoms with van der Waals surface area (Å²) in [5, 5.41) is 17.9. The van der Waals surface area contributed by atoms with Crippen LogP contribution in [0.25, 0.3) is 5.69 Å². The molecule has 4 saturated heterocycles. The number of benzene rings is 8. The van der Waals surface area contributed by atoms with Crippen LogP contribution >= 0.6 is 34.8 Å². The van der Waals surface area contributed by atoms with E-state index in [9.17, 15) is 36.7 Å². The average molecular weight is 1800 g/mol. The van der Waals surface area contributed by atoms with E-state index in [0.29, 0.717) is 82.1 Å². The first-order valence-corrected chi connectivity index (χ1v) is 46.3. The fourth-order valence-electron chi connectivity index (χ4n) is 17.4. The number of halogens is 7. The van der Waals surface area contributed by atoms with Gasteiger partial charge in [0.1, 0.15) is 5.82 Å². The van der Waals surface area contributed by atoms with Gasteiger partial charge in [-0.2, -0.15) is 13.2 Å². The number of hydrogen-bond acceptors (Lipinski definition) is 10. The average Bonchev–Trinajstić information content (AvgIpc) is 1.27. The molecule has 3 atom stereocenters. The van der Waals surface area contributed by atoms with Gasteiger partial charge in [-0.05, 0) is 193 Å². The number of rotatable bonds is 28. The Labute approximate surface area is 763 Å². The minimum absolute atomic E-state index is 0.00619. The molecule has 4 fully saturated rings. The summed E-state index contributed by atoms with van der Waals surface area (Å²) < 4.78 is 54.9. The summed E-state index contributed by atoms with van der Waals surface area (Å²) in [5.74, 6) is 0.229. The number of aliphatic imine (C=N–C) groups is 1. The minimum Gasteiger partial charge on any atom is -0.317 e. The highest BCUT2D eigenvalue weighted by Gasteiger charge is 2.36. The standard InChI is InChI=1S/C27H34ClN5O.C25H27F3N4O.C25H34FN3O.C24H31Cl2N3O/c1-3-7-21(2)31-17-14-24(15-18-31)32(20-22-8-5-4-6-9-22)27(34)29-26-16-19-33(30-26)25-12-10-23(28)11-13-25;26-25(27,28)20-8-4-9-21(16-20)30-24(33)32(17-19-6-2-1-3-7-19)23-11-14-31(15-12-23)18-22-10-5-13-29-22;1-4-9-19(2)28-16-14-22(15-17-28)29(18-21-10-6-5-7-11-21)25(30)27-24-13-8-12-23(26)20(24)3;1-3-7-18(2)28-14-12-21(13-15-28)29(17-19-8-5-4-6-9-19)24(30)27-23-16-20(25)10-11-22(23)26/h4-6,8-13,16,19,21,24H,3,7,14-15,17-18,20H2,1-2H3,(H,29,30,34);1-4,6-10,13,16,23H,5,11-12,14-15,17-18H2,(H,30,33);5-8,10-13,19,22H,4,9,14-18H2,1-3H3,(H,27,30);4-6,8-11,16,18,21H,3,7,12-15,17H2,1-2H3,(H,27,30). The van der Waals surface area contributed by atoms with Gasteiger partial charge in [-0.1, -0.05) is 214 Å². The molecule has 8 amide bonds. The number of aromatic nitrogens is 2. The Kier molecular flexibility index (Phi) is 38.0. The van der Waals surface area contributed by atoms with Gasteiger partial charge in [0.2, 0.25) is 0 Å². The molecule has 0 radical (unpaired) electrons. The van der Waals surface area contributed by atoms with Crippen molar-refractivity contribution in [2.45, 2.75) is 219 Å². The zero-order valence-corrected chi connectivity index (χ0v) is 76.7. The van der Waals surface area contributed by atoms with E-state index in [-0.39, 0.29) is 59.8 Å². The van der Waals surface area contributed by atoms with Crippen LogP contribution in [0.15, 0.2) is 235 Å². The number of nitrogens with zero attached hydrogens (tertiary/aromatic N) is 11. The number of amides is 8. The van der Waals surface area contributed by atoms with Gasteiger partial charge in [-0.3, -0.25) is 15.2 Å². The van der Waals surface area contributed by atoms with Crippen LogP contribution in [-0.2, 0) is 32.4 Å². The molecule has 3 unspecified atom stereocenters. The highest BCUT2D eigenvalue weighted by Crippen LogP contribution is 2.34. The van der Waals surface area contributed by atoms with Gasteiger partial charge in [0, 0.05) is 179 Å². The normalized spacial score (nSPS) is 16.3. The van der Waals surface area contributed by atoms with Crippen LogP contribution in [0.2, 0.25) is 15.1 Å². The third-order valence-corrected chi connectivity index (χ3v) is 25.6. The van der Waals surface area contributed by atoms with Crippen molar-refractivity contribution in [1.29, 1.82) is 0 Å². The van der Waals surface area contributed by atoms with Crippen LogP contribution in [-0.4, -0.2) is 181 Å². The first kappa shape index (κ1) is 97.5. The van der Waals surface area contributed by atoms with E-state index in [1.54, 1.807) is 46.8 Å². The molecule has 26 heteroatoms. The zero-order chi connectivity index (χ0) is 90.2. The molecule has 1 aromatic heterocycles. The summed E-state index contributed by atoms with van der Waals surface area (Å²) >= 11 is 18.4. The van der Waals surface area contributed by atoms with Crippen molar-refractivity contribution >= 4 is 88.0 Å². The fraction of sp³-hybridized carbons (Fsp3) is 0.426. The molecule has 19 nitrogen and oxygen atoms in total. The van der Waals surface area contributed by atoms with Gasteiger partial charge in [0.15, 0.2) is 5.82 Å². The van der Waals surface area contributed by atoms with E-state index >= 15 is 0 Å². The smallest absolute Gasteiger partial charge is 0.317 e. The maximum absolute atomic E-state index is 13.9. The minimum atomic E-state index is -4.46. The van der Waals surface area contributed by atoms with Crippen molar-refractivity contribution < 1.29 is 36.7 Å². The largest absolute Gasteiger partial charge is 0.416 e. The van der Waals surface area contributed by atoms with Gasteiger partial charge >= 0.3 is 30.3 Å². The molecule has 678 valence electrons. The van der Waals surface area contributed by atoms with Gasteiger partial charge in [-0.25, -0.2) is 28.3 Å². The number of anilines is 4. The second-order valence-electron chi connectivity index (χ2n) is 33.9. The van der Waals surface area contributed by atoms with Crippen LogP contribution in [0, 0.1) is 12.7 Å². The molecule has 0 bridgehead atoms. The lowest BCUT2D eigenvalue weighted by Crippen LogP contribution is -2.50. The highest BCUT2D eigenvalue weighted by molar-refractivity contribution is 6.35. The number of hydrogen-bond donors (Lipinski definition) is 4. The molecule has 0 saturated carbocycles. The van der Waals surface area contributed by atoms with E-state index in [0.717, 1.165) is 162 Å². The Balaban J connectivity index is 0.000000164. The summed E-state index contributed by atoms with van der Waals surface area (Å²) in [6.07, 6.45) is 16.9. The Bertz CT molecular complexity index is 4840. The second kappa shape index (κ2) is 49.4. The lowest BCUT2D eigenvalue weighted by molar-refractivity contribution is -0.137. The maximum Gasteiger partial charge on any atom is 0.416 e. The van der Waals surface area contributed by atoms with Crippen LogP contribution in [0.1, 0.15) is 171 Å². The number of likely N-dealkylation sites (tertiary alicyclic amines) is 4. The molecular weight excluding hydrogens is 1670 g/mol. The quantitative estimate of drug-likeness (QED) is 0.0348. The predicted molar refractivity (Wildman–Crippen MR) is 509 cm³/mol. The SMILES string of the molecule is CCCC(C)N1CCC(N(Cc2ccccc2)C(=O)Nc2cc(Cl)ccc2Cl)CC1.CCCC(C)N1CCC(N(Cc2ccccc2)C(=O)Nc2cccc(F)c2C)CC1.CCCC(C)N1CCC(N(Cc2ccccc2)C(=O)Nc2ccn(-c3ccc(Cl)cc3)n2)CC1.O=C(Nc1cccc(C(F)(F)F)c1)N(Cc1ccccc1)C1CCN(CC2=CCC=N2)CC1. The molecule has 8 aromatic carbocycles. The Hall–Kier alpha value is -10.1. The van der Waals surface area contributed by atoms with Gasteiger partial charge in [-0.15, -0.1) is 5.10 Å². The summed E-state index contributed by atoms with van der Waals surface area (Å²) in [4.78, 5) is 75.2. The molecular formula is C101H126Cl3F4N15O4. The predicted octanol–water partition coefficient (Wildman–Crippen LogP) is 24.3. The third kappa shape index (κ3) is 30.0. The number of carbonyl (C=O) groups excluding carboxylic acids is 4. The number of piperidine rings is 4. The Morgan fingerprint density at radius 1 is 0.457 bits per heavy atom. The third-order valence-electron chi connectivity index (χ3n) is 24.8. The van der Waals surface area contributed by atoms with Crippen LogP contribution in [0.5, 0.6) is 0 Å². The van der Waals surface area contributed by atoms with Crippen molar-refractivity contribution in [3.8, 4) is 5.69 Å². The lowest BCUT2D eigenvalue weighted by Gasteiger charge is -2.40. The van der Waals surface area contributed by atoms with Crippen molar-refractivity contribution in [2.24, 2.45) is 4.99 Å². The molecule has 127 heavy (non-hydrogen) atoms. The topological polar surface area (TPSA) is 172 Å². The van der Waals surface area contributed by atoms with Crippen molar-refractivity contribution in [2.75, 3.05) is 80.2 Å². The highest BCUT2D eigenvalue weighted by atomic mass is 35.5. The first-order chi connectivity index (χ1) is 61.4. The van der Waals surface area contributed by atoms with E-state index in [4.69, 9.17) is 34.8 Å². The first-order valence-electron chi connectivity index (χ1n) is 45.2. The molecule has 9 aromatic rings. The van der Waals surface area contributed by atoms with Gasteiger partial charge in [0.25, 0.3) is 0 Å². The van der Waals surface area contributed by atoms with Gasteiger partial charge < -0.3 is 50.2 Å². The van der Waals surface area contributed by atoms with E-state index in [2.05, 4.69) is 123 Å². The summed E-state index contributed by atoms with van der Waals surface area (Å²) in [5.41, 5.74) is 7.19. The van der Waals surface area contributed by atoms with Crippen molar-refractivity contribution in [3.63, 3.8) is 0 Å². The number of alkyl halides is 3. The molecule has 4 N–H and O–H groups in total. The monoisotopic (exact) mass is 1790 g/mol. The van der Waals surface area contributed by atoms with Crippen LogP contribution < -0.4 is 21.3 Å². The molecule has 5 aliphatic rings. The maximum atomic E-state index is 13.9. The summed E-state index contributed by atoms with van der Waals surface area (Å²) in [7, 11) is 0. The fourth-order valence-corrected chi connectivity index (χ4v) is 17.9. The Morgan fingerprint density at radius 3 is 1.28 bits per heavy atom. The number of carbonyl (C=O) groups is 4. The van der Waals surface area contributed by atoms with E-state index < -0.39 is 11.7 Å². The Morgan fingerprint density at radius 2 is 0.858 bits per heavy atom. The molecule has 0 spiro atoms. The van der Waals surface area contributed by atoms with E-state index in [1.165, 1.54) is 56.7 Å². The molecule has 5 aliphatic heterocycles. The van der Waals surface area contributed by atoms with Crippen LogP contribution in [0.3, 0.4) is 0 Å². The summed E-state index contributed by atoms with van der Waals surface area (Å²) in [6, 6.07) is 65.5. The molecule has 14 rings (SSSR count). The lowest BCUT2D eigenvalue weighted by atomic mass is 10.00. The molecule has 0 aliphatic carbocycles. The second-order valence-corrected chi connectivity index (χ2v) is 35.2.